The monoisotopic (exact) mass is 378 g/mol. The molecule has 1 aromatic carbocycles. The zero-order valence-corrected chi connectivity index (χ0v) is 15.5. The van der Waals surface area contributed by atoms with Crippen LogP contribution in [0, 0.1) is 17.2 Å². The minimum absolute atomic E-state index is 0.311. The third kappa shape index (κ3) is 3.30. The predicted octanol–water partition coefficient (Wildman–Crippen LogP) is 5.69. The molecule has 124 valence electrons. The molecular weight excluding hydrogens is 363 g/mol. The van der Waals surface area contributed by atoms with E-state index in [-0.39, 0.29) is 5.91 Å². The molecule has 0 spiro atoms. The van der Waals surface area contributed by atoms with Crippen molar-refractivity contribution in [2.45, 2.75) is 32.6 Å². The fraction of sp³-hybridized carbons (Fsp3) is 0.333. The second kappa shape index (κ2) is 7.14. The van der Waals surface area contributed by atoms with E-state index in [9.17, 15) is 10.1 Å². The maximum atomic E-state index is 12.5. The van der Waals surface area contributed by atoms with Crippen LogP contribution >= 0.6 is 34.5 Å². The van der Waals surface area contributed by atoms with Gasteiger partial charge in [-0.05, 0) is 48.9 Å². The number of hydrogen-bond donors (Lipinski definition) is 1. The van der Waals surface area contributed by atoms with Crippen molar-refractivity contribution < 1.29 is 4.79 Å². The van der Waals surface area contributed by atoms with E-state index in [0.29, 0.717) is 32.1 Å². The summed E-state index contributed by atoms with van der Waals surface area (Å²) >= 11 is 13.5. The summed E-state index contributed by atoms with van der Waals surface area (Å²) in [6.07, 6.45) is 4.13. The van der Waals surface area contributed by atoms with Crippen molar-refractivity contribution in [3.63, 3.8) is 0 Å². The van der Waals surface area contributed by atoms with E-state index in [2.05, 4.69) is 18.3 Å². The molecule has 3 nitrogen and oxygen atoms in total. The summed E-state index contributed by atoms with van der Waals surface area (Å²) in [5.74, 6) is 0.318. The Bertz CT molecular complexity index is 838. The zero-order chi connectivity index (χ0) is 17.3. The molecule has 1 aromatic heterocycles. The van der Waals surface area contributed by atoms with Crippen LogP contribution < -0.4 is 5.32 Å². The highest BCUT2D eigenvalue weighted by Gasteiger charge is 2.26. The number of benzene rings is 1. The lowest BCUT2D eigenvalue weighted by Gasteiger charge is -2.20. The van der Waals surface area contributed by atoms with Crippen LogP contribution in [0.3, 0.4) is 0 Å². The largest absolute Gasteiger partial charge is 0.312 e. The van der Waals surface area contributed by atoms with Crippen molar-refractivity contribution in [2.75, 3.05) is 5.32 Å². The van der Waals surface area contributed by atoms with Gasteiger partial charge in [-0.3, -0.25) is 4.79 Å². The summed E-state index contributed by atoms with van der Waals surface area (Å²) in [5.41, 5.74) is 2.00. The number of halogens is 2. The lowest BCUT2D eigenvalue weighted by molar-refractivity contribution is 0.102. The highest BCUT2D eigenvalue weighted by molar-refractivity contribution is 7.16. The van der Waals surface area contributed by atoms with Crippen molar-refractivity contribution in [1.29, 1.82) is 5.26 Å². The summed E-state index contributed by atoms with van der Waals surface area (Å²) in [6, 6.07) is 7.02. The van der Waals surface area contributed by atoms with Crippen LogP contribution in [0.1, 0.15) is 46.1 Å². The first kappa shape index (κ1) is 17.3. The van der Waals surface area contributed by atoms with Crippen LogP contribution in [-0.2, 0) is 12.8 Å². The van der Waals surface area contributed by atoms with Gasteiger partial charge in [0.05, 0.1) is 16.1 Å². The average molecular weight is 379 g/mol. The van der Waals surface area contributed by atoms with Gasteiger partial charge >= 0.3 is 0 Å². The second-order valence-electron chi connectivity index (χ2n) is 5.92. The van der Waals surface area contributed by atoms with Crippen molar-refractivity contribution in [3.05, 3.63) is 49.8 Å². The van der Waals surface area contributed by atoms with E-state index >= 15 is 0 Å². The van der Waals surface area contributed by atoms with E-state index < -0.39 is 0 Å². The van der Waals surface area contributed by atoms with Gasteiger partial charge in [-0.25, -0.2) is 0 Å². The maximum Gasteiger partial charge on any atom is 0.257 e. The van der Waals surface area contributed by atoms with E-state index in [4.69, 9.17) is 23.2 Å². The van der Waals surface area contributed by atoms with Crippen LogP contribution in [0.2, 0.25) is 10.0 Å². The molecule has 0 fully saturated rings. The predicted molar refractivity (Wildman–Crippen MR) is 99.3 cm³/mol. The van der Waals surface area contributed by atoms with Gasteiger partial charge in [0.2, 0.25) is 0 Å². The van der Waals surface area contributed by atoms with Gasteiger partial charge in [-0.1, -0.05) is 36.5 Å². The van der Waals surface area contributed by atoms with Gasteiger partial charge in [0, 0.05) is 9.90 Å². The van der Waals surface area contributed by atoms with Crippen LogP contribution in [0.15, 0.2) is 18.2 Å². The number of thiophene rings is 1. The molecule has 24 heavy (non-hydrogen) atoms. The lowest BCUT2D eigenvalue weighted by atomic mass is 9.86. The fourth-order valence-electron chi connectivity index (χ4n) is 3.05. The molecule has 1 amide bonds. The first-order chi connectivity index (χ1) is 11.5. The summed E-state index contributed by atoms with van der Waals surface area (Å²) in [5, 5.41) is 13.8. The summed E-state index contributed by atoms with van der Waals surface area (Å²) < 4.78 is 0. The van der Waals surface area contributed by atoms with E-state index in [1.807, 2.05) is 0 Å². The number of anilines is 1. The number of fused-ring (bicyclic) bond motifs is 1. The molecule has 0 saturated heterocycles. The highest BCUT2D eigenvalue weighted by Crippen LogP contribution is 2.40. The molecule has 0 bridgehead atoms. The number of carbonyl (C=O) groups is 1. The van der Waals surface area contributed by atoms with Crippen molar-refractivity contribution >= 4 is 45.4 Å². The molecule has 0 radical (unpaired) electrons. The van der Waals surface area contributed by atoms with Crippen molar-refractivity contribution in [3.8, 4) is 6.07 Å². The smallest absolute Gasteiger partial charge is 0.257 e. The number of nitrogens with one attached hydrogen (secondary N) is 1. The fourth-order valence-corrected chi connectivity index (χ4v) is 4.73. The average Bonchev–Trinajstić information content (AvgIpc) is 2.92. The van der Waals surface area contributed by atoms with E-state index in [1.54, 1.807) is 12.1 Å². The molecule has 1 aliphatic rings. The third-order valence-electron chi connectivity index (χ3n) is 4.46. The Hall–Kier alpha value is -1.54. The standard InChI is InChI=1S/C18H16Cl2N2OS/c1-2-10-3-5-12-14(9-21)18(24-16(12)7-10)22-17(23)13-8-11(19)4-6-15(13)20/h4,6,8,10H,2-3,5,7H2,1H3,(H,22,23). The summed E-state index contributed by atoms with van der Waals surface area (Å²) in [4.78, 5) is 13.8. The Balaban J connectivity index is 1.91. The van der Waals surface area contributed by atoms with E-state index in [0.717, 1.165) is 31.2 Å². The molecule has 1 heterocycles. The number of rotatable bonds is 3. The summed E-state index contributed by atoms with van der Waals surface area (Å²) in [6.45, 7) is 2.19. The SMILES string of the molecule is CCC1CCc2c(sc(NC(=O)c3cc(Cl)ccc3Cl)c2C#N)C1. The quantitative estimate of drug-likeness (QED) is 0.744. The minimum Gasteiger partial charge on any atom is -0.312 e. The topological polar surface area (TPSA) is 52.9 Å². The first-order valence-corrected chi connectivity index (χ1v) is 9.41. The molecule has 0 saturated carbocycles. The van der Waals surface area contributed by atoms with Gasteiger partial charge < -0.3 is 5.32 Å². The Morgan fingerprint density at radius 3 is 2.96 bits per heavy atom. The van der Waals surface area contributed by atoms with Gasteiger partial charge in [0.25, 0.3) is 5.91 Å². The molecule has 0 aliphatic heterocycles. The normalized spacial score (nSPS) is 16.3. The van der Waals surface area contributed by atoms with Crippen LogP contribution in [0.25, 0.3) is 0 Å². The Morgan fingerprint density at radius 1 is 1.46 bits per heavy atom. The van der Waals surface area contributed by atoms with Gasteiger partial charge in [-0.2, -0.15) is 5.26 Å². The van der Waals surface area contributed by atoms with Gasteiger partial charge in [0.1, 0.15) is 11.1 Å². The maximum absolute atomic E-state index is 12.5. The second-order valence-corrected chi connectivity index (χ2v) is 7.86. The number of amides is 1. The van der Waals surface area contributed by atoms with Crippen molar-refractivity contribution in [2.24, 2.45) is 5.92 Å². The molecule has 6 heteroatoms. The third-order valence-corrected chi connectivity index (χ3v) is 6.19. The Morgan fingerprint density at radius 2 is 2.25 bits per heavy atom. The molecule has 3 rings (SSSR count). The van der Waals surface area contributed by atoms with E-state index in [1.165, 1.54) is 22.3 Å². The highest BCUT2D eigenvalue weighted by atomic mass is 35.5. The molecule has 1 unspecified atom stereocenters. The van der Waals surface area contributed by atoms with Crippen LogP contribution in [-0.4, -0.2) is 5.91 Å². The number of nitrogens with zero attached hydrogens (tertiary/aromatic N) is 1. The molecule has 1 N–H and O–H groups in total. The van der Waals surface area contributed by atoms with Crippen LogP contribution in [0.5, 0.6) is 0 Å². The molecule has 1 aliphatic carbocycles. The minimum atomic E-state index is -0.343. The number of nitriles is 1. The lowest BCUT2D eigenvalue weighted by Crippen LogP contribution is -2.13. The zero-order valence-electron chi connectivity index (χ0n) is 13.2. The van der Waals surface area contributed by atoms with Crippen LogP contribution in [0.4, 0.5) is 5.00 Å². The summed E-state index contributed by atoms with van der Waals surface area (Å²) in [7, 11) is 0. The number of hydrogen-bond acceptors (Lipinski definition) is 3. The van der Waals surface area contributed by atoms with Gasteiger partial charge in [0.15, 0.2) is 0 Å². The molecule has 1 atom stereocenters. The molecule has 2 aromatic rings. The Labute approximate surface area is 155 Å². The molecular formula is C18H16Cl2N2OS. The Kier molecular flexibility index (Phi) is 5.15. The first-order valence-electron chi connectivity index (χ1n) is 7.84. The van der Waals surface area contributed by atoms with Gasteiger partial charge in [-0.15, -0.1) is 11.3 Å². The van der Waals surface area contributed by atoms with Crippen molar-refractivity contribution in [1.82, 2.24) is 0 Å². The number of carbonyl (C=O) groups excluding carboxylic acids is 1.